The third-order valence-electron chi connectivity index (χ3n) is 3.86. The van der Waals surface area contributed by atoms with Crippen LogP contribution in [0.1, 0.15) is 25.0 Å². The molecule has 0 spiro atoms. The molecule has 106 valence electrons. The lowest BCUT2D eigenvalue weighted by molar-refractivity contribution is 0.231. The summed E-state index contributed by atoms with van der Waals surface area (Å²) in [5.41, 5.74) is 3.51. The van der Waals surface area contributed by atoms with Gasteiger partial charge in [0.15, 0.2) is 0 Å². The first-order chi connectivity index (χ1) is 9.10. The van der Waals surface area contributed by atoms with Crippen molar-refractivity contribution in [2.45, 2.75) is 27.4 Å². The standard InChI is InChI=1S/C16H26N2O/c1-13(2)11-17-6-8-18(9-7-17)16-5-4-15(12-19)14(3)10-16/h4-5,10,13,19H,6-9,11-12H2,1-3H3. The zero-order valence-corrected chi connectivity index (χ0v) is 12.4. The summed E-state index contributed by atoms with van der Waals surface area (Å²) in [6.45, 7) is 12.5. The van der Waals surface area contributed by atoms with Crippen molar-refractivity contribution < 1.29 is 5.11 Å². The Balaban J connectivity index is 1.96. The number of aliphatic hydroxyl groups excluding tert-OH is 1. The highest BCUT2D eigenvalue weighted by atomic mass is 16.3. The second kappa shape index (κ2) is 6.40. The van der Waals surface area contributed by atoms with Crippen molar-refractivity contribution in [2.75, 3.05) is 37.6 Å². The molecule has 1 N–H and O–H groups in total. The first-order valence-corrected chi connectivity index (χ1v) is 7.28. The van der Waals surface area contributed by atoms with Crippen molar-refractivity contribution in [2.24, 2.45) is 5.92 Å². The summed E-state index contributed by atoms with van der Waals surface area (Å²) in [5, 5.41) is 9.22. The molecule has 3 heteroatoms. The minimum absolute atomic E-state index is 0.133. The zero-order valence-electron chi connectivity index (χ0n) is 12.4. The van der Waals surface area contributed by atoms with E-state index < -0.39 is 0 Å². The second-order valence-electron chi connectivity index (χ2n) is 5.95. The molecule has 2 rings (SSSR count). The Kier molecular flexibility index (Phi) is 4.83. The molecule has 1 aliphatic heterocycles. The molecule has 0 bridgehead atoms. The van der Waals surface area contributed by atoms with Crippen LogP contribution in [0.4, 0.5) is 5.69 Å². The van der Waals surface area contributed by atoms with Crippen LogP contribution in [0.3, 0.4) is 0 Å². The number of aryl methyl sites for hydroxylation is 1. The van der Waals surface area contributed by atoms with Crippen molar-refractivity contribution in [3.05, 3.63) is 29.3 Å². The maximum atomic E-state index is 9.22. The van der Waals surface area contributed by atoms with Crippen LogP contribution in [0.2, 0.25) is 0 Å². The molecule has 0 saturated carbocycles. The topological polar surface area (TPSA) is 26.7 Å². The highest BCUT2D eigenvalue weighted by Gasteiger charge is 2.17. The molecular weight excluding hydrogens is 236 g/mol. The number of hydrogen-bond donors (Lipinski definition) is 1. The van der Waals surface area contributed by atoms with Gasteiger partial charge in [-0.1, -0.05) is 19.9 Å². The van der Waals surface area contributed by atoms with Gasteiger partial charge in [-0.15, -0.1) is 0 Å². The SMILES string of the molecule is Cc1cc(N2CCN(CC(C)C)CC2)ccc1CO. The molecule has 0 aromatic heterocycles. The molecule has 1 heterocycles. The van der Waals surface area contributed by atoms with E-state index in [4.69, 9.17) is 0 Å². The van der Waals surface area contributed by atoms with Crippen molar-refractivity contribution in [1.82, 2.24) is 4.90 Å². The lowest BCUT2D eigenvalue weighted by Gasteiger charge is -2.37. The first-order valence-electron chi connectivity index (χ1n) is 7.28. The molecular formula is C16H26N2O. The average molecular weight is 262 g/mol. The number of benzene rings is 1. The van der Waals surface area contributed by atoms with E-state index in [0.29, 0.717) is 0 Å². The average Bonchev–Trinajstić information content (AvgIpc) is 2.39. The van der Waals surface area contributed by atoms with Gasteiger partial charge >= 0.3 is 0 Å². The fraction of sp³-hybridized carbons (Fsp3) is 0.625. The Labute approximate surface area is 116 Å². The number of rotatable bonds is 4. The van der Waals surface area contributed by atoms with E-state index in [1.54, 1.807) is 0 Å². The maximum absolute atomic E-state index is 9.22. The molecule has 0 unspecified atom stereocenters. The highest BCUT2D eigenvalue weighted by Crippen LogP contribution is 2.21. The number of piperazine rings is 1. The quantitative estimate of drug-likeness (QED) is 0.901. The molecule has 1 aliphatic rings. The molecule has 0 aliphatic carbocycles. The fourth-order valence-electron chi connectivity index (χ4n) is 2.76. The van der Waals surface area contributed by atoms with Crippen molar-refractivity contribution >= 4 is 5.69 Å². The van der Waals surface area contributed by atoms with Crippen LogP contribution in [-0.4, -0.2) is 42.7 Å². The van der Waals surface area contributed by atoms with Crippen LogP contribution in [-0.2, 0) is 6.61 Å². The van der Waals surface area contributed by atoms with E-state index in [1.165, 1.54) is 17.8 Å². The lowest BCUT2D eigenvalue weighted by Crippen LogP contribution is -2.47. The van der Waals surface area contributed by atoms with E-state index in [0.717, 1.165) is 37.7 Å². The predicted molar refractivity (Wildman–Crippen MR) is 80.6 cm³/mol. The monoisotopic (exact) mass is 262 g/mol. The van der Waals surface area contributed by atoms with Gasteiger partial charge in [0.05, 0.1) is 6.61 Å². The zero-order chi connectivity index (χ0) is 13.8. The van der Waals surface area contributed by atoms with Crippen molar-refractivity contribution in [3.8, 4) is 0 Å². The molecule has 1 fully saturated rings. The number of nitrogens with zero attached hydrogens (tertiary/aromatic N) is 2. The van der Waals surface area contributed by atoms with Gasteiger partial charge in [-0.05, 0) is 36.1 Å². The summed E-state index contributed by atoms with van der Waals surface area (Å²) in [7, 11) is 0. The smallest absolute Gasteiger partial charge is 0.0684 e. The molecule has 3 nitrogen and oxygen atoms in total. The molecule has 0 radical (unpaired) electrons. The van der Waals surface area contributed by atoms with E-state index in [9.17, 15) is 5.11 Å². The Morgan fingerprint density at radius 2 is 1.84 bits per heavy atom. The third-order valence-corrected chi connectivity index (χ3v) is 3.86. The maximum Gasteiger partial charge on any atom is 0.0684 e. The van der Waals surface area contributed by atoms with E-state index in [1.807, 2.05) is 6.07 Å². The minimum atomic E-state index is 0.133. The predicted octanol–water partition coefficient (Wildman–Crippen LogP) is 2.27. The summed E-state index contributed by atoms with van der Waals surface area (Å²) >= 11 is 0. The lowest BCUT2D eigenvalue weighted by atomic mass is 10.1. The number of hydrogen-bond acceptors (Lipinski definition) is 3. The Hall–Kier alpha value is -1.06. The van der Waals surface area contributed by atoms with Crippen molar-refractivity contribution in [3.63, 3.8) is 0 Å². The molecule has 0 amide bonds. The van der Waals surface area contributed by atoms with Crippen LogP contribution < -0.4 is 4.90 Å². The molecule has 1 aromatic rings. The van der Waals surface area contributed by atoms with Crippen LogP contribution in [0, 0.1) is 12.8 Å². The molecule has 19 heavy (non-hydrogen) atoms. The van der Waals surface area contributed by atoms with Gasteiger partial charge in [0, 0.05) is 38.4 Å². The van der Waals surface area contributed by atoms with Gasteiger partial charge in [-0.25, -0.2) is 0 Å². The fourth-order valence-corrected chi connectivity index (χ4v) is 2.76. The summed E-state index contributed by atoms with van der Waals surface area (Å²) in [5.74, 6) is 0.748. The van der Waals surface area contributed by atoms with Crippen LogP contribution >= 0.6 is 0 Å². The van der Waals surface area contributed by atoms with Gasteiger partial charge < -0.3 is 10.0 Å². The highest BCUT2D eigenvalue weighted by molar-refractivity contribution is 5.51. The van der Waals surface area contributed by atoms with Crippen LogP contribution in [0.25, 0.3) is 0 Å². The van der Waals surface area contributed by atoms with E-state index >= 15 is 0 Å². The van der Waals surface area contributed by atoms with Gasteiger partial charge in [0.1, 0.15) is 0 Å². The molecule has 1 saturated heterocycles. The van der Waals surface area contributed by atoms with E-state index in [-0.39, 0.29) is 6.61 Å². The van der Waals surface area contributed by atoms with Crippen LogP contribution in [0.5, 0.6) is 0 Å². The summed E-state index contributed by atoms with van der Waals surface area (Å²) < 4.78 is 0. The molecule has 1 aromatic carbocycles. The largest absolute Gasteiger partial charge is 0.392 e. The van der Waals surface area contributed by atoms with Crippen LogP contribution in [0.15, 0.2) is 18.2 Å². The minimum Gasteiger partial charge on any atom is -0.392 e. The first kappa shape index (κ1) is 14.4. The number of aliphatic hydroxyl groups is 1. The van der Waals surface area contributed by atoms with E-state index in [2.05, 4.69) is 42.7 Å². The van der Waals surface area contributed by atoms with Gasteiger partial charge in [-0.3, -0.25) is 4.90 Å². The van der Waals surface area contributed by atoms with Gasteiger partial charge in [0.2, 0.25) is 0 Å². The molecule has 0 atom stereocenters. The summed E-state index contributed by atoms with van der Waals surface area (Å²) in [6.07, 6.45) is 0. The summed E-state index contributed by atoms with van der Waals surface area (Å²) in [4.78, 5) is 5.00. The normalized spacial score (nSPS) is 17.2. The Morgan fingerprint density at radius 3 is 2.37 bits per heavy atom. The second-order valence-corrected chi connectivity index (χ2v) is 5.95. The van der Waals surface area contributed by atoms with Gasteiger partial charge in [0.25, 0.3) is 0 Å². The summed E-state index contributed by atoms with van der Waals surface area (Å²) in [6, 6.07) is 6.38. The Bertz CT molecular complexity index is 409. The van der Waals surface area contributed by atoms with Crippen molar-refractivity contribution in [1.29, 1.82) is 0 Å². The Morgan fingerprint density at radius 1 is 1.16 bits per heavy atom. The van der Waals surface area contributed by atoms with Gasteiger partial charge in [-0.2, -0.15) is 0 Å². The number of anilines is 1. The third kappa shape index (κ3) is 3.71.